The van der Waals surface area contributed by atoms with Gasteiger partial charge in [-0.2, -0.15) is 0 Å². The summed E-state index contributed by atoms with van der Waals surface area (Å²) in [7, 11) is 0. The molecular weight excluding hydrogens is 216 g/mol. The summed E-state index contributed by atoms with van der Waals surface area (Å²) in [5.74, 6) is -1.08. The SMILES string of the molecule is NCC(O)C1(c2cc(F)ccc2F)COC1. The van der Waals surface area contributed by atoms with Crippen LogP contribution in [-0.4, -0.2) is 31.0 Å². The summed E-state index contributed by atoms with van der Waals surface area (Å²) in [6.45, 7) is 0.302. The minimum Gasteiger partial charge on any atom is -0.391 e. The molecule has 88 valence electrons. The zero-order chi connectivity index (χ0) is 11.8. The number of hydrogen-bond donors (Lipinski definition) is 2. The molecule has 0 amide bonds. The summed E-state index contributed by atoms with van der Waals surface area (Å²) in [5.41, 5.74) is 4.61. The first-order valence-corrected chi connectivity index (χ1v) is 5.01. The highest BCUT2D eigenvalue weighted by Gasteiger charge is 2.47. The fourth-order valence-corrected chi connectivity index (χ4v) is 1.95. The van der Waals surface area contributed by atoms with Crippen LogP contribution in [0.4, 0.5) is 8.78 Å². The van der Waals surface area contributed by atoms with Crippen molar-refractivity contribution in [3.63, 3.8) is 0 Å². The molecule has 1 saturated heterocycles. The quantitative estimate of drug-likeness (QED) is 0.796. The molecule has 1 heterocycles. The molecule has 1 unspecified atom stereocenters. The van der Waals surface area contributed by atoms with E-state index >= 15 is 0 Å². The molecule has 0 saturated carbocycles. The molecule has 1 atom stereocenters. The lowest BCUT2D eigenvalue weighted by Gasteiger charge is -2.45. The first-order chi connectivity index (χ1) is 7.60. The van der Waals surface area contributed by atoms with Crippen molar-refractivity contribution in [2.24, 2.45) is 5.73 Å². The van der Waals surface area contributed by atoms with Crippen LogP contribution in [0.15, 0.2) is 18.2 Å². The van der Waals surface area contributed by atoms with Crippen molar-refractivity contribution in [2.45, 2.75) is 11.5 Å². The number of nitrogens with two attached hydrogens (primary N) is 1. The molecule has 1 aliphatic heterocycles. The molecule has 16 heavy (non-hydrogen) atoms. The third-order valence-corrected chi connectivity index (χ3v) is 3.05. The zero-order valence-corrected chi connectivity index (χ0v) is 8.62. The van der Waals surface area contributed by atoms with E-state index < -0.39 is 23.2 Å². The number of hydrogen-bond acceptors (Lipinski definition) is 3. The Morgan fingerprint density at radius 1 is 1.44 bits per heavy atom. The molecule has 2 rings (SSSR count). The van der Waals surface area contributed by atoms with Crippen molar-refractivity contribution in [2.75, 3.05) is 19.8 Å². The molecule has 1 aromatic carbocycles. The zero-order valence-electron chi connectivity index (χ0n) is 8.62. The second-order valence-corrected chi connectivity index (χ2v) is 4.02. The van der Waals surface area contributed by atoms with Gasteiger partial charge in [0.15, 0.2) is 0 Å². The number of benzene rings is 1. The summed E-state index contributed by atoms with van der Waals surface area (Å²) in [4.78, 5) is 0. The lowest BCUT2D eigenvalue weighted by atomic mass is 9.73. The monoisotopic (exact) mass is 229 g/mol. The Morgan fingerprint density at radius 2 is 2.12 bits per heavy atom. The number of halogens is 2. The van der Waals surface area contributed by atoms with E-state index in [1.165, 1.54) is 0 Å². The Morgan fingerprint density at radius 3 is 2.62 bits per heavy atom. The lowest BCUT2D eigenvalue weighted by Crippen LogP contribution is -2.58. The fourth-order valence-electron chi connectivity index (χ4n) is 1.95. The van der Waals surface area contributed by atoms with Gasteiger partial charge in [0.1, 0.15) is 11.6 Å². The van der Waals surface area contributed by atoms with Crippen LogP contribution < -0.4 is 5.73 Å². The van der Waals surface area contributed by atoms with Gasteiger partial charge in [0.2, 0.25) is 0 Å². The molecule has 3 N–H and O–H groups in total. The summed E-state index contributed by atoms with van der Waals surface area (Å²) in [5, 5.41) is 9.80. The molecular formula is C11H13F2NO2. The Balaban J connectivity index is 2.44. The van der Waals surface area contributed by atoms with Crippen LogP contribution in [0.25, 0.3) is 0 Å². The van der Waals surface area contributed by atoms with E-state index in [0.717, 1.165) is 18.2 Å². The molecule has 0 aromatic heterocycles. The summed E-state index contributed by atoms with van der Waals surface area (Å²) in [6.07, 6.45) is -0.933. The van der Waals surface area contributed by atoms with Gasteiger partial charge in [0.05, 0.1) is 24.7 Å². The third kappa shape index (κ3) is 1.61. The predicted octanol–water partition coefficient (Wildman–Crippen LogP) is 0.552. The Hall–Kier alpha value is -1.04. The van der Waals surface area contributed by atoms with Gasteiger partial charge in [-0.05, 0) is 18.2 Å². The van der Waals surface area contributed by atoms with E-state index in [0.29, 0.717) is 0 Å². The average Bonchev–Trinajstić information content (AvgIpc) is 2.21. The highest BCUT2D eigenvalue weighted by molar-refractivity contribution is 5.32. The Bertz CT molecular complexity index is 394. The second kappa shape index (κ2) is 4.08. The van der Waals surface area contributed by atoms with Crippen molar-refractivity contribution in [1.82, 2.24) is 0 Å². The standard InChI is InChI=1S/C11H13F2NO2/c12-7-1-2-9(13)8(3-7)11(5-16-6-11)10(15)4-14/h1-3,10,15H,4-6,14H2. The van der Waals surface area contributed by atoms with Crippen LogP contribution in [0.5, 0.6) is 0 Å². The van der Waals surface area contributed by atoms with E-state index in [1.807, 2.05) is 0 Å². The van der Waals surface area contributed by atoms with Gasteiger partial charge >= 0.3 is 0 Å². The second-order valence-electron chi connectivity index (χ2n) is 4.02. The highest BCUT2D eigenvalue weighted by atomic mass is 19.1. The van der Waals surface area contributed by atoms with Crippen molar-refractivity contribution >= 4 is 0 Å². The first kappa shape index (κ1) is 11.4. The molecule has 1 aromatic rings. The van der Waals surface area contributed by atoms with Crippen LogP contribution in [-0.2, 0) is 10.2 Å². The predicted molar refractivity (Wildman–Crippen MR) is 53.9 cm³/mol. The number of rotatable bonds is 3. The molecule has 1 fully saturated rings. The first-order valence-electron chi connectivity index (χ1n) is 5.01. The number of ether oxygens (including phenoxy) is 1. The van der Waals surface area contributed by atoms with Gasteiger partial charge in [-0.1, -0.05) is 0 Å². The van der Waals surface area contributed by atoms with Gasteiger partial charge in [-0.25, -0.2) is 8.78 Å². The van der Waals surface area contributed by atoms with Crippen molar-refractivity contribution < 1.29 is 18.6 Å². The summed E-state index contributed by atoms with van der Waals surface area (Å²) in [6, 6.07) is 3.19. The van der Waals surface area contributed by atoms with Gasteiger partial charge in [-0.15, -0.1) is 0 Å². The van der Waals surface area contributed by atoms with Gasteiger partial charge in [-0.3, -0.25) is 0 Å². The maximum atomic E-state index is 13.6. The van der Waals surface area contributed by atoms with Crippen molar-refractivity contribution in [3.05, 3.63) is 35.4 Å². The number of aliphatic hydroxyl groups excluding tert-OH is 1. The van der Waals surface area contributed by atoms with Crippen molar-refractivity contribution in [3.8, 4) is 0 Å². The van der Waals surface area contributed by atoms with Gasteiger partial charge in [0, 0.05) is 12.1 Å². The summed E-state index contributed by atoms with van der Waals surface area (Å²) < 4.78 is 31.7. The molecule has 3 nitrogen and oxygen atoms in total. The van der Waals surface area contributed by atoms with E-state index in [1.54, 1.807) is 0 Å². The smallest absolute Gasteiger partial charge is 0.127 e. The minimum atomic E-state index is -0.933. The Labute approximate surface area is 91.8 Å². The highest BCUT2D eigenvalue weighted by Crippen LogP contribution is 2.37. The minimum absolute atomic E-state index is 0.0146. The average molecular weight is 229 g/mol. The van der Waals surface area contributed by atoms with Crippen LogP contribution in [0.2, 0.25) is 0 Å². The molecule has 0 bridgehead atoms. The maximum Gasteiger partial charge on any atom is 0.127 e. The van der Waals surface area contributed by atoms with Gasteiger partial charge in [0.25, 0.3) is 0 Å². The van der Waals surface area contributed by atoms with E-state index in [-0.39, 0.29) is 25.3 Å². The van der Waals surface area contributed by atoms with Crippen LogP contribution >= 0.6 is 0 Å². The largest absolute Gasteiger partial charge is 0.391 e. The van der Waals surface area contributed by atoms with Crippen LogP contribution in [0, 0.1) is 11.6 Å². The molecule has 5 heteroatoms. The topological polar surface area (TPSA) is 55.5 Å². The maximum absolute atomic E-state index is 13.6. The van der Waals surface area contributed by atoms with Gasteiger partial charge < -0.3 is 15.6 Å². The Kier molecular flexibility index (Phi) is 2.92. The van der Waals surface area contributed by atoms with Crippen molar-refractivity contribution in [1.29, 1.82) is 0 Å². The van der Waals surface area contributed by atoms with E-state index in [2.05, 4.69) is 0 Å². The summed E-state index contributed by atoms with van der Waals surface area (Å²) >= 11 is 0. The molecule has 0 spiro atoms. The molecule has 0 aliphatic carbocycles. The fraction of sp³-hybridized carbons (Fsp3) is 0.455. The third-order valence-electron chi connectivity index (χ3n) is 3.05. The van der Waals surface area contributed by atoms with Crippen LogP contribution in [0.3, 0.4) is 0 Å². The van der Waals surface area contributed by atoms with E-state index in [9.17, 15) is 13.9 Å². The molecule has 1 aliphatic rings. The normalized spacial score (nSPS) is 20.2. The van der Waals surface area contributed by atoms with Crippen LogP contribution in [0.1, 0.15) is 5.56 Å². The number of aliphatic hydroxyl groups is 1. The molecule has 0 radical (unpaired) electrons. The van der Waals surface area contributed by atoms with E-state index in [4.69, 9.17) is 10.5 Å². The lowest BCUT2D eigenvalue weighted by molar-refractivity contribution is -0.118.